The van der Waals surface area contributed by atoms with Gasteiger partial charge in [-0.15, -0.1) is 0 Å². The van der Waals surface area contributed by atoms with E-state index in [1.54, 1.807) is 0 Å². The number of hydrogen-bond donors (Lipinski definition) is 0. The van der Waals surface area contributed by atoms with Crippen LogP contribution in [0.5, 0.6) is 0 Å². The molecule has 0 aromatic carbocycles. The topological polar surface area (TPSA) is 26.9 Å². The van der Waals surface area contributed by atoms with E-state index in [1.165, 1.54) is 0 Å². The number of pyridine rings is 1. The molecular formula is C5H2F2NO. The highest BCUT2D eigenvalue weighted by atomic mass is 19.2. The summed E-state index contributed by atoms with van der Waals surface area (Å²) in [4.78, 5) is 0. The molecule has 0 bridgehead atoms. The summed E-state index contributed by atoms with van der Waals surface area (Å²) >= 11 is 0. The Morgan fingerprint density at radius 3 is 2.56 bits per heavy atom. The van der Waals surface area contributed by atoms with Gasteiger partial charge in [0, 0.05) is 0 Å². The van der Waals surface area contributed by atoms with Crippen molar-refractivity contribution in [2.45, 2.75) is 0 Å². The molecule has 1 radical (unpaired) electrons. The number of nitrogens with zero attached hydrogens (tertiary/aromatic N) is 1. The van der Waals surface area contributed by atoms with E-state index in [0.29, 0.717) is 12.3 Å². The summed E-state index contributed by atoms with van der Waals surface area (Å²) in [6.07, 6.45) is 2.35. The molecule has 0 unspecified atom stereocenters. The van der Waals surface area contributed by atoms with Crippen LogP contribution in [0.1, 0.15) is 0 Å². The van der Waals surface area contributed by atoms with Gasteiger partial charge < -0.3 is 5.21 Å². The Morgan fingerprint density at radius 2 is 2.11 bits per heavy atom. The molecule has 0 saturated heterocycles. The van der Waals surface area contributed by atoms with Crippen LogP contribution in [0.15, 0.2) is 12.3 Å². The molecule has 0 N–H and O–H groups in total. The minimum Gasteiger partial charge on any atom is -0.618 e. The molecule has 2 nitrogen and oxygen atoms in total. The summed E-state index contributed by atoms with van der Waals surface area (Å²) in [5, 5.41) is 10.1. The lowest BCUT2D eigenvalue weighted by Gasteiger charge is -1.91. The highest BCUT2D eigenvalue weighted by molar-refractivity contribution is 4.92. The lowest BCUT2D eigenvalue weighted by Crippen LogP contribution is -2.26. The van der Waals surface area contributed by atoms with E-state index in [-0.39, 0.29) is 4.73 Å². The van der Waals surface area contributed by atoms with Crippen LogP contribution < -0.4 is 4.73 Å². The Balaban J connectivity index is 3.17. The molecule has 4 heteroatoms. The first-order valence-corrected chi connectivity index (χ1v) is 2.16. The van der Waals surface area contributed by atoms with E-state index in [4.69, 9.17) is 0 Å². The molecule has 0 fully saturated rings. The van der Waals surface area contributed by atoms with Crippen molar-refractivity contribution in [1.29, 1.82) is 0 Å². The quantitative estimate of drug-likeness (QED) is 0.369. The van der Waals surface area contributed by atoms with Crippen molar-refractivity contribution in [3.8, 4) is 0 Å². The van der Waals surface area contributed by atoms with Gasteiger partial charge in [-0.2, -0.15) is 9.12 Å². The summed E-state index contributed by atoms with van der Waals surface area (Å²) in [5.41, 5.74) is 0. The fourth-order valence-corrected chi connectivity index (χ4v) is 0.391. The van der Waals surface area contributed by atoms with Crippen LogP contribution in [0.25, 0.3) is 0 Å². The highest BCUT2D eigenvalue weighted by Gasteiger charge is 2.03. The molecule has 47 valence electrons. The molecule has 1 rings (SSSR count). The van der Waals surface area contributed by atoms with Gasteiger partial charge in [-0.3, -0.25) is 0 Å². The lowest BCUT2D eigenvalue weighted by molar-refractivity contribution is -0.611. The van der Waals surface area contributed by atoms with Crippen LogP contribution in [0, 0.1) is 23.0 Å². The van der Waals surface area contributed by atoms with Gasteiger partial charge in [0.2, 0.25) is 12.0 Å². The normalized spacial score (nSPS) is 9.56. The van der Waals surface area contributed by atoms with Crippen molar-refractivity contribution >= 4 is 0 Å². The minimum absolute atomic E-state index is 0.0679. The number of rotatable bonds is 0. The molecule has 1 heterocycles. The molecule has 9 heavy (non-hydrogen) atoms. The Hall–Kier alpha value is -1.19. The maximum absolute atomic E-state index is 12.0. The summed E-state index contributed by atoms with van der Waals surface area (Å²) in [7, 11) is 0. The lowest BCUT2D eigenvalue weighted by atomic mass is 10.5. The third-order valence-electron chi connectivity index (χ3n) is 0.777. The molecule has 0 atom stereocenters. The predicted octanol–water partition coefficient (Wildman–Crippen LogP) is 0.398. The maximum Gasteiger partial charge on any atom is 0.293 e. The van der Waals surface area contributed by atoms with Gasteiger partial charge in [0.25, 0.3) is 6.20 Å². The smallest absolute Gasteiger partial charge is 0.293 e. The SMILES string of the molecule is [O-][n+]1[c]cc(F)c(F)c1. The Bertz CT molecular complexity index is 226. The van der Waals surface area contributed by atoms with E-state index in [0.717, 1.165) is 0 Å². The second-order valence-corrected chi connectivity index (χ2v) is 1.42. The van der Waals surface area contributed by atoms with Crippen LogP contribution in [0.2, 0.25) is 0 Å². The third-order valence-corrected chi connectivity index (χ3v) is 0.777. The second kappa shape index (κ2) is 1.97. The zero-order valence-electron chi connectivity index (χ0n) is 4.27. The molecule has 0 aliphatic heterocycles. The van der Waals surface area contributed by atoms with Crippen LogP contribution in [-0.2, 0) is 0 Å². The number of halogens is 2. The van der Waals surface area contributed by atoms with Gasteiger partial charge in [-0.25, -0.2) is 4.39 Å². The zero-order valence-corrected chi connectivity index (χ0v) is 4.27. The molecule has 0 aliphatic carbocycles. The van der Waals surface area contributed by atoms with Crippen LogP contribution in [0.4, 0.5) is 8.78 Å². The van der Waals surface area contributed by atoms with Crippen molar-refractivity contribution in [3.63, 3.8) is 0 Å². The first-order valence-electron chi connectivity index (χ1n) is 2.16. The maximum atomic E-state index is 12.0. The Morgan fingerprint density at radius 1 is 1.44 bits per heavy atom. The number of aromatic nitrogens is 1. The van der Waals surface area contributed by atoms with Gasteiger partial charge >= 0.3 is 0 Å². The molecule has 1 aromatic rings. The standard InChI is InChI=1S/C5H2F2NO/c6-4-1-2-8(9)3-5(4)7/h1,3H. The summed E-state index contributed by atoms with van der Waals surface area (Å²) in [6, 6.07) is 0.641. The van der Waals surface area contributed by atoms with Gasteiger partial charge in [0.1, 0.15) is 0 Å². The second-order valence-electron chi connectivity index (χ2n) is 1.42. The van der Waals surface area contributed by atoms with Gasteiger partial charge in [0.05, 0.1) is 6.07 Å². The van der Waals surface area contributed by atoms with Crippen LogP contribution in [-0.4, -0.2) is 0 Å². The van der Waals surface area contributed by atoms with Crippen molar-refractivity contribution in [2.75, 3.05) is 0 Å². The summed E-state index contributed by atoms with van der Waals surface area (Å²) < 4.78 is 24.0. The van der Waals surface area contributed by atoms with Crippen LogP contribution in [0.3, 0.4) is 0 Å². The molecular weight excluding hydrogens is 128 g/mol. The molecule has 0 spiro atoms. The first-order chi connectivity index (χ1) is 4.20. The van der Waals surface area contributed by atoms with Gasteiger partial charge in [0.15, 0.2) is 5.82 Å². The average molecular weight is 130 g/mol. The van der Waals surface area contributed by atoms with Gasteiger partial charge in [-0.1, -0.05) is 0 Å². The summed E-state index contributed by atoms with van der Waals surface area (Å²) in [6.45, 7) is 0. The van der Waals surface area contributed by atoms with E-state index in [2.05, 4.69) is 0 Å². The van der Waals surface area contributed by atoms with E-state index >= 15 is 0 Å². The molecule has 1 aromatic heterocycles. The Kier molecular flexibility index (Phi) is 1.30. The largest absolute Gasteiger partial charge is 0.618 e. The number of hydrogen-bond acceptors (Lipinski definition) is 1. The molecule has 0 amide bonds. The van der Waals surface area contributed by atoms with Gasteiger partial charge in [-0.05, 0) is 0 Å². The van der Waals surface area contributed by atoms with E-state index in [1.807, 2.05) is 6.20 Å². The van der Waals surface area contributed by atoms with E-state index < -0.39 is 11.6 Å². The van der Waals surface area contributed by atoms with E-state index in [9.17, 15) is 14.0 Å². The fraction of sp³-hybridized carbons (Fsp3) is 0. The summed E-state index contributed by atoms with van der Waals surface area (Å²) in [5.74, 6) is -2.23. The van der Waals surface area contributed by atoms with Crippen molar-refractivity contribution in [3.05, 3.63) is 35.3 Å². The minimum atomic E-state index is -1.16. The zero-order chi connectivity index (χ0) is 6.85. The Labute approximate surface area is 49.9 Å². The third kappa shape index (κ3) is 1.13. The molecule has 0 aliphatic rings. The predicted molar refractivity (Wildman–Crippen MR) is 24.2 cm³/mol. The highest BCUT2D eigenvalue weighted by Crippen LogP contribution is 1.97. The fourth-order valence-electron chi connectivity index (χ4n) is 0.391. The van der Waals surface area contributed by atoms with Crippen molar-refractivity contribution < 1.29 is 13.5 Å². The average Bonchev–Trinajstić information content (AvgIpc) is 1.80. The first kappa shape index (κ1) is 5.94. The van der Waals surface area contributed by atoms with Crippen molar-refractivity contribution in [2.24, 2.45) is 0 Å². The van der Waals surface area contributed by atoms with Crippen LogP contribution >= 0.6 is 0 Å². The van der Waals surface area contributed by atoms with Crippen molar-refractivity contribution in [1.82, 2.24) is 0 Å². The molecule has 0 saturated carbocycles. The monoisotopic (exact) mass is 130 g/mol.